The number of aromatic nitrogens is 4. The molecule has 0 aliphatic carbocycles. The van der Waals surface area contributed by atoms with E-state index in [0.29, 0.717) is 17.5 Å². The van der Waals surface area contributed by atoms with Gasteiger partial charge in [-0.15, -0.1) is 10.2 Å². The van der Waals surface area contributed by atoms with Crippen LogP contribution in [0.25, 0.3) is 10.2 Å². The highest BCUT2D eigenvalue weighted by Crippen LogP contribution is 2.29. The fourth-order valence-electron chi connectivity index (χ4n) is 2.99. The SMILES string of the molecule is CN(C)CCN(C(=O)c1nnc2n1CCC2)c1nc2ccccc2s1. The molecule has 0 radical (unpaired) electrons. The van der Waals surface area contributed by atoms with Crippen LogP contribution >= 0.6 is 11.3 Å². The van der Waals surface area contributed by atoms with Gasteiger partial charge in [0.2, 0.25) is 5.82 Å². The van der Waals surface area contributed by atoms with Crippen molar-refractivity contribution >= 4 is 32.6 Å². The Kier molecular flexibility index (Phi) is 4.22. The van der Waals surface area contributed by atoms with E-state index in [1.54, 1.807) is 4.90 Å². The molecule has 4 rings (SSSR count). The molecular weight excluding hydrogens is 336 g/mol. The molecule has 0 unspecified atom stereocenters. The van der Waals surface area contributed by atoms with E-state index in [0.717, 1.165) is 42.0 Å². The molecule has 1 aromatic carbocycles. The molecule has 0 saturated carbocycles. The lowest BCUT2D eigenvalue weighted by Gasteiger charge is -2.21. The minimum absolute atomic E-state index is 0.124. The lowest BCUT2D eigenvalue weighted by molar-refractivity contribution is 0.0971. The molecular formula is C17H20N6OS. The average Bonchev–Trinajstić information content (AvgIpc) is 3.29. The third-order valence-corrected chi connectivity index (χ3v) is 5.39. The lowest BCUT2D eigenvalue weighted by Crippen LogP contribution is -2.38. The Hall–Kier alpha value is -2.32. The molecule has 2 aromatic heterocycles. The van der Waals surface area contributed by atoms with E-state index in [1.165, 1.54) is 11.3 Å². The molecule has 1 aliphatic heterocycles. The third-order valence-electron chi connectivity index (χ3n) is 4.33. The topological polar surface area (TPSA) is 67.2 Å². The molecule has 1 amide bonds. The summed E-state index contributed by atoms with van der Waals surface area (Å²) in [5, 5.41) is 9.03. The maximum Gasteiger partial charge on any atom is 0.298 e. The zero-order chi connectivity index (χ0) is 17.4. The average molecular weight is 356 g/mol. The number of rotatable bonds is 5. The molecule has 0 saturated heterocycles. The summed E-state index contributed by atoms with van der Waals surface area (Å²) in [6.45, 7) is 2.13. The van der Waals surface area contributed by atoms with E-state index in [1.807, 2.05) is 42.9 Å². The summed E-state index contributed by atoms with van der Waals surface area (Å²) in [6.07, 6.45) is 1.91. The minimum atomic E-state index is -0.124. The summed E-state index contributed by atoms with van der Waals surface area (Å²) < 4.78 is 3.02. The smallest absolute Gasteiger partial charge is 0.298 e. The maximum atomic E-state index is 13.2. The third kappa shape index (κ3) is 3.03. The van der Waals surface area contributed by atoms with Crippen LogP contribution in [-0.2, 0) is 13.0 Å². The summed E-state index contributed by atoms with van der Waals surface area (Å²) in [4.78, 5) is 21.7. The fourth-order valence-corrected chi connectivity index (χ4v) is 3.98. The van der Waals surface area contributed by atoms with Crippen LogP contribution in [0.15, 0.2) is 24.3 Å². The van der Waals surface area contributed by atoms with E-state index >= 15 is 0 Å². The normalized spacial score (nSPS) is 13.6. The van der Waals surface area contributed by atoms with Gasteiger partial charge in [0.25, 0.3) is 5.91 Å². The Morgan fingerprint density at radius 3 is 2.88 bits per heavy atom. The monoisotopic (exact) mass is 356 g/mol. The van der Waals surface area contributed by atoms with Crippen LogP contribution in [0, 0.1) is 0 Å². The van der Waals surface area contributed by atoms with Crippen molar-refractivity contribution in [3.05, 3.63) is 35.9 Å². The van der Waals surface area contributed by atoms with Crippen LogP contribution in [0.1, 0.15) is 22.9 Å². The first-order chi connectivity index (χ1) is 12.1. The second kappa shape index (κ2) is 6.53. The molecule has 0 N–H and O–H groups in total. The number of hydrogen-bond donors (Lipinski definition) is 0. The van der Waals surface area contributed by atoms with E-state index in [4.69, 9.17) is 0 Å². The van der Waals surface area contributed by atoms with E-state index < -0.39 is 0 Å². The van der Waals surface area contributed by atoms with Gasteiger partial charge in [0.15, 0.2) is 5.13 Å². The molecule has 8 heteroatoms. The summed E-state index contributed by atoms with van der Waals surface area (Å²) in [6, 6.07) is 7.95. The van der Waals surface area contributed by atoms with Gasteiger partial charge in [0.05, 0.1) is 10.2 Å². The van der Waals surface area contributed by atoms with Crippen molar-refractivity contribution in [3.63, 3.8) is 0 Å². The summed E-state index contributed by atoms with van der Waals surface area (Å²) in [5.74, 6) is 1.20. The second-order valence-electron chi connectivity index (χ2n) is 6.42. The van der Waals surface area contributed by atoms with Crippen molar-refractivity contribution in [1.82, 2.24) is 24.6 Å². The number of carbonyl (C=O) groups is 1. The van der Waals surface area contributed by atoms with Crippen LogP contribution in [0.4, 0.5) is 5.13 Å². The number of thiazole rings is 1. The predicted octanol–water partition coefficient (Wildman–Crippen LogP) is 2.04. The van der Waals surface area contributed by atoms with E-state index in [-0.39, 0.29) is 5.91 Å². The molecule has 7 nitrogen and oxygen atoms in total. The Labute approximate surface area is 149 Å². The Morgan fingerprint density at radius 2 is 2.08 bits per heavy atom. The van der Waals surface area contributed by atoms with Gasteiger partial charge >= 0.3 is 0 Å². The van der Waals surface area contributed by atoms with Gasteiger partial charge < -0.3 is 9.47 Å². The maximum absolute atomic E-state index is 13.2. The van der Waals surface area contributed by atoms with Crippen molar-refractivity contribution in [3.8, 4) is 0 Å². The van der Waals surface area contributed by atoms with Gasteiger partial charge in [-0.05, 0) is 32.6 Å². The number of likely N-dealkylation sites (N-methyl/N-ethyl adjacent to an activating group) is 1. The van der Waals surface area contributed by atoms with Crippen molar-refractivity contribution in [2.45, 2.75) is 19.4 Å². The van der Waals surface area contributed by atoms with Gasteiger partial charge in [-0.3, -0.25) is 9.69 Å². The van der Waals surface area contributed by atoms with Crippen LogP contribution in [0.3, 0.4) is 0 Å². The Morgan fingerprint density at radius 1 is 1.24 bits per heavy atom. The number of amides is 1. The Balaban J connectivity index is 1.70. The van der Waals surface area contributed by atoms with Crippen LogP contribution in [0.2, 0.25) is 0 Å². The van der Waals surface area contributed by atoms with Crippen molar-refractivity contribution in [2.75, 3.05) is 32.1 Å². The van der Waals surface area contributed by atoms with E-state index in [2.05, 4.69) is 20.1 Å². The van der Waals surface area contributed by atoms with Crippen LogP contribution in [-0.4, -0.2) is 57.7 Å². The minimum Gasteiger partial charge on any atom is -0.308 e. The number of anilines is 1. The van der Waals surface area contributed by atoms with E-state index in [9.17, 15) is 4.79 Å². The van der Waals surface area contributed by atoms with Gasteiger partial charge in [0.1, 0.15) is 5.82 Å². The first-order valence-corrected chi connectivity index (χ1v) is 9.19. The standard InChI is InChI=1S/C17H20N6OS/c1-21(2)10-11-23(17-18-12-6-3-4-7-13(12)25-17)16(24)15-20-19-14-8-5-9-22(14)15/h3-4,6-7H,5,8-11H2,1-2H3. The highest BCUT2D eigenvalue weighted by molar-refractivity contribution is 7.22. The molecule has 3 aromatic rings. The zero-order valence-electron chi connectivity index (χ0n) is 14.3. The van der Waals surface area contributed by atoms with Crippen LogP contribution in [0.5, 0.6) is 0 Å². The second-order valence-corrected chi connectivity index (χ2v) is 7.43. The largest absolute Gasteiger partial charge is 0.308 e. The van der Waals surface area contributed by atoms with Crippen LogP contribution < -0.4 is 4.90 Å². The molecule has 0 spiro atoms. The van der Waals surface area contributed by atoms with Gasteiger partial charge in [-0.25, -0.2) is 4.98 Å². The number of nitrogens with zero attached hydrogens (tertiary/aromatic N) is 6. The zero-order valence-corrected chi connectivity index (χ0v) is 15.2. The molecule has 0 bridgehead atoms. The molecule has 3 heterocycles. The van der Waals surface area contributed by atoms with Crippen molar-refractivity contribution < 1.29 is 4.79 Å². The summed E-state index contributed by atoms with van der Waals surface area (Å²) in [5.41, 5.74) is 0.914. The number of para-hydroxylation sites is 1. The Bertz CT molecular complexity index is 882. The molecule has 0 atom stereocenters. The number of benzene rings is 1. The molecule has 130 valence electrons. The number of hydrogen-bond acceptors (Lipinski definition) is 6. The first kappa shape index (κ1) is 16.2. The number of fused-ring (bicyclic) bond motifs is 2. The molecule has 25 heavy (non-hydrogen) atoms. The predicted molar refractivity (Wildman–Crippen MR) is 98.2 cm³/mol. The molecule has 0 fully saturated rings. The highest BCUT2D eigenvalue weighted by atomic mass is 32.1. The summed E-state index contributed by atoms with van der Waals surface area (Å²) in [7, 11) is 3.99. The van der Waals surface area contributed by atoms with Crippen molar-refractivity contribution in [1.29, 1.82) is 0 Å². The van der Waals surface area contributed by atoms with Gasteiger partial charge in [0, 0.05) is 26.1 Å². The molecule has 1 aliphatic rings. The van der Waals surface area contributed by atoms with Crippen molar-refractivity contribution in [2.24, 2.45) is 0 Å². The highest BCUT2D eigenvalue weighted by Gasteiger charge is 2.28. The van der Waals surface area contributed by atoms with Gasteiger partial charge in [-0.1, -0.05) is 23.5 Å². The fraction of sp³-hybridized carbons (Fsp3) is 0.412. The number of carbonyl (C=O) groups excluding carboxylic acids is 1. The first-order valence-electron chi connectivity index (χ1n) is 8.38. The lowest BCUT2D eigenvalue weighted by atomic mass is 10.3. The van der Waals surface area contributed by atoms with Gasteiger partial charge in [-0.2, -0.15) is 0 Å². The summed E-state index contributed by atoms with van der Waals surface area (Å²) >= 11 is 1.53. The quantitative estimate of drug-likeness (QED) is 0.700. The number of aryl methyl sites for hydroxylation is 1.